The highest BCUT2D eigenvalue weighted by Crippen LogP contribution is 2.22. The van der Waals surface area contributed by atoms with Gasteiger partial charge in [-0.05, 0) is 56.9 Å². The first kappa shape index (κ1) is 20.4. The average molecular weight is 417 g/mol. The average Bonchev–Trinajstić information content (AvgIpc) is 3.17. The predicted octanol–water partition coefficient (Wildman–Crippen LogP) is 3.49. The lowest BCUT2D eigenvalue weighted by atomic mass is 9.95. The van der Waals surface area contributed by atoms with Crippen LogP contribution in [0.25, 0.3) is 5.69 Å². The Morgan fingerprint density at radius 2 is 1.90 bits per heavy atom. The molecule has 0 N–H and O–H groups in total. The molecular weight excluding hydrogens is 388 g/mol. The van der Waals surface area contributed by atoms with E-state index in [0.717, 1.165) is 51.3 Å². The Bertz CT molecular complexity index is 837. The molecule has 1 aromatic heterocycles. The van der Waals surface area contributed by atoms with Gasteiger partial charge in [0.2, 0.25) is 0 Å². The number of carbonyl (C=O) groups excluding carboxylic acids is 1. The van der Waals surface area contributed by atoms with Gasteiger partial charge < -0.3 is 9.64 Å². The van der Waals surface area contributed by atoms with Crippen molar-refractivity contribution in [2.75, 3.05) is 32.7 Å². The first-order valence-electron chi connectivity index (χ1n) is 10.5. The van der Waals surface area contributed by atoms with Crippen molar-refractivity contribution >= 4 is 17.5 Å². The number of ether oxygens (including phenoxy) is 1. The summed E-state index contributed by atoms with van der Waals surface area (Å²) in [4.78, 5) is 17.3. The summed E-state index contributed by atoms with van der Waals surface area (Å²) in [6, 6.07) is 9.24. The lowest BCUT2D eigenvalue weighted by Crippen LogP contribution is -2.48. The van der Waals surface area contributed by atoms with Gasteiger partial charge in [-0.2, -0.15) is 5.10 Å². The summed E-state index contributed by atoms with van der Waals surface area (Å²) >= 11 is 6.06. The zero-order valence-corrected chi connectivity index (χ0v) is 17.9. The molecule has 2 fully saturated rings. The molecule has 2 aromatic rings. The van der Waals surface area contributed by atoms with Gasteiger partial charge in [0.1, 0.15) is 0 Å². The Kier molecular flexibility index (Phi) is 6.23. The van der Waals surface area contributed by atoms with Crippen molar-refractivity contribution in [3.05, 3.63) is 47.2 Å². The van der Waals surface area contributed by atoms with E-state index in [1.54, 1.807) is 10.7 Å². The number of likely N-dealkylation sites (tertiary alicyclic amines) is 1. The number of carbonyl (C=O) groups is 1. The van der Waals surface area contributed by atoms with Gasteiger partial charge in [-0.3, -0.25) is 9.69 Å². The molecule has 0 aliphatic carbocycles. The van der Waals surface area contributed by atoms with Crippen LogP contribution >= 0.6 is 11.6 Å². The van der Waals surface area contributed by atoms with Gasteiger partial charge in [0.25, 0.3) is 5.91 Å². The van der Waals surface area contributed by atoms with E-state index in [1.165, 1.54) is 0 Å². The van der Waals surface area contributed by atoms with Crippen LogP contribution in [-0.4, -0.2) is 70.4 Å². The van der Waals surface area contributed by atoms with Gasteiger partial charge in [-0.25, -0.2) is 4.68 Å². The van der Waals surface area contributed by atoms with Gasteiger partial charge >= 0.3 is 0 Å². The highest BCUT2D eigenvalue weighted by Gasteiger charge is 2.28. The second-order valence-electron chi connectivity index (χ2n) is 8.34. The Morgan fingerprint density at radius 3 is 2.59 bits per heavy atom. The van der Waals surface area contributed by atoms with Crippen LogP contribution in [0.15, 0.2) is 36.5 Å². The summed E-state index contributed by atoms with van der Waals surface area (Å²) in [6.45, 7) is 8.99. The number of benzene rings is 1. The number of nitrogens with zero attached hydrogens (tertiary/aromatic N) is 4. The quantitative estimate of drug-likeness (QED) is 0.765. The first-order valence-corrected chi connectivity index (χ1v) is 10.8. The molecule has 1 amide bonds. The number of amides is 1. The Hall–Kier alpha value is -1.89. The summed E-state index contributed by atoms with van der Waals surface area (Å²) < 4.78 is 7.53. The largest absolute Gasteiger partial charge is 0.373 e. The van der Waals surface area contributed by atoms with Crippen LogP contribution in [0, 0.1) is 5.92 Å². The van der Waals surface area contributed by atoms with Crippen molar-refractivity contribution in [1.82, 2.24) is 19.6 Å². The zero-order chi connectivity index (χ0) is 20.4. The van der Waals surface area contributed by atoms with E-state index in [-0.39, 0.29) is 5.91 Å². The minimum absolute atomic E-state index is 0.0119. The molecule has 1 aromatic carbocycles. The number of piperidine rings is 1. The molecule has 2 aliphatic rings. The number of hydrogen-bond acceptors (Lipinski definition) is 4. The van der Waals surface area contributed by atoms with Gasteiger partial charge in [0.15, 0.2) is 5.69 Å². The highest BCUT2D eigenvalue weighted by atomic mass is 35.5. The van der Waals surface area contributed by atoms with Gasteiger partial charge in [0.05, 0.1) is 17.9 Å². The Morgan fingerprint density at radius 1 is 1.17 bits per heavy atom. The number of halogens is 1. The van der Waals surface area contributed by atoms with Crippen LogP contribution < -0.4 is 0 Å². The normalized spacial score (nSPS) is 24.0. The van der Waals surface area contributed by atoms with E-state index in [0.29, 0.717) is 28.8 Å². The molecule has 6 nitrogen and oxygen atoms in total. The maximum absolute atomic E-state index is 12.9. The molecule has 0 spiro atoms. The number of morpholine rings is 1. The second-order valence-corrected chi connectivity index (χ2v) is 8.77. The minimum Gasteiger partial charge on any atom is -0.373 e. The molecule has 0 bridgehead atoms. The molecular formula is C22H29ClN4O2. The van der Waals surface area contributed by atoms with Crippen LogP contribution in [0.3, 0.4) is 0 Å². The molecule has 3 heterocycles. The fourth-order valence-electron chi connectivity index (χ4n) is 4.48. The van der Waals surface area contributed by atoms with Crippen molar-refractivity contribution in [3.8, 4) is 5.69 Å². The molecule has 29 heavy (non-hydrogen) atoms. The van der Waals surface area contributed by atoms with E-state index >= 15 is 0 Å². The van der Waals surface area contributed by atoms with Crippen molar-refractivity contribution in [2.24, 2.45) is 5.92 Å². The van der Waals surface area contributed by atoms with Crippen LogP contribution in [0.2, 0.25) is 5.02 Å². The Labute approximate surface area is 177 Å². The van der Waals surface area contributed by atoms with Crippen molar-refractivity contribution in [1.29, 1.82) is 0 Å². The van der Waals surface area contributed by atoms with Gasteiger partial charge in [-0.1, -0.05) is 17.7 Å². The van der Waals surface area contributed by atoms with E-state index in [1.807, 2.05) is 35.4 Å². The smallest absolute Gasteiger partial charge is 0.274 e. The van der Waals surface area contributed by atoms with Crippen LogP contribution in [0.1, 0.15) is 37.2 Å². The topological polar surface area (TPSA) is 50.6 Å². The third-order valence-electron chi connectivity index (χ3n) is 5.79. The third-order valence-corrected chi connectivity index (χ3v) is 6.03. The highest BCUT2D eigenvalue weighted by molar-refractivity contribution is 6.30. The van der Waals surface area contributed by atoms with E-state index in [4.69, 9.17) is 16.3 Å². The summed E-state index contributed by atoms with van der Waals surface area (Å²) in [7, 11) is 0. The standard InChI is InChI=1S/C22H29ClN4O2/c1-16-13-25(14-17(2)29-16)15-18-6-9-26(10-7-18)22(28)21-8-11-27(24-21)20-5-3-4-19(23)12-20/h3-5,8,11-12,16-18H,6-7,9-10,13-15H2,1-2H3. The van der Waals surface area contributed by atoms with E-state index in [2.05, 4.69) is 23.8 Å². The summed E-state index contributed by atoms with van der Waals surface area (Å²) in [6.07, 6.45) is 4.50. The second kappa shape index (κ2) is 8.86. The van der Waals surface area contributed by atoms with Crippen LogP contribution in [-0.2, 0) is 4.74 Å². The summed E-state index contributed by atoms with van der Waals surface area (Å²) in [5.41, 5.74) is 1.34. The lowest BCUT2D eigenvalue weighted by Gasteiger charge is -2.39. The summed E-state index contributed by atoms with van der Waals surface area (Å²) in [5.74, 6) is 0.651. The van der Waals surface area contributed by atoms with Crippen molar-refractivity contribution in [2.45, 2.75) is 38.9 Å². The third kappa shape index (κ3) is 5.00. The molecule has 2 atom stereocenters. The van der Waals surface area contributed by atoms with Crippen LogP contribution in [0.5, 0.6) is 0 Å². The fraction of sp³-hybridized carbons (Fsp3) is 0.545. The SMILES string of the molecule is CC1CN(CC2CCN(C(=O)c3ccn(-c4cccc(Cl)c4)n3)CC2)CC(C)O1. The van der Waals surface area contributed by atoms with Gasteiger partial charge in [0, 0.05) is 43.9 Å². The van der Waals surface area contributed by atoms with Crippen molar-refractivity contribution in [3.63, 3.8) is 0 Å². The molecule has 0 saturated carbocycles. The minimum atomic E-state index is 0.0119. The molecule has 2 unspecified atom stereocenters. The van der Waals surface area contributed by atoms with Gasteiger partial charge in [-0.15, -0.1) is 0 Å². The lowest BCUT2D eigenvalue weighted by molar-refractivity contribution is -0.0728. The molecule has 7 heteroatoms. The molecule has 2 saturated heterocycles. The zero-order valence-electron chi connectivity index (χ0n) is 17.1. The van der Waals surface area contributed by atoms with Crippen molar-refractivity contribution < 1.29 is 9.53 Å². The van der Waals surface area contributed by atoms with E-state index < -0.39 is 0 Å². The van der Waals surface area contributed by atoms with E-state index in [9.17, 15) is 4.79 Å². The molecule has 4 rings (SSSR count). The molecule has 2 aliphatic heterocycles. The summed E-state index contributed by atoms with van der Waals surface area (Å²) in [5, 5.41) is 5.12. The Balaban J connectivity index is 1.31. The van der Waals surface area contributed by atoms with Crippen LogP contribution in [0.4, 0.5) is 0 Å². The fourth-order valence-corrected chi connectivity index (χ4v) is 4.66. The molecule has 156 valence electrons. The number of hydrogen-bond donors (Lipinski definition) is 0. The number of rotatable bonds is 4. The number of aromatic nitrogens is 2. The first-order chi connectivity index (χ1) is 14.0. The molecule has 0 radical (unpaired) electrons. The maximum atomic E-state index is 12.9. The maximum Gasteiger partial charge on any atom is 0.274 e. The predicted molar refractivity (Wildman–Crippen MR) is 114 cm³/mol. The monoisotopic (exact) mass is 416 g/mol.